The average Bonchev–Trinajstić information content (AvgIpc) is 2.10. The lowest BCUT2D eigenvalue weighted by molar-refractivity contribution is 1.01. The Morgan fingerprint density at radius 3 is 2.25 bits per heavy atom. The normalized spacial score (nSPS) is 10.7. The molecule has 1 aromatic carbocycles. The van der Waals surface area contributed by atoms with Crippen LogP contribution in [0.4, 0.5) is 0 Å². The van der Waals surface area contributed by atoms with Crippen LogP contribution in [0.25, 0.3) is 0 Å². The Hall–Kier alpha value is -0.510. The lowest BCUT2D eigenvalue weighted by Gasteiger charge is -2.16. The fraction of sp³-hybridized carbons (Fsp3) is 0.143. The van der Waals surface area contributed by atoms with Gasteiger partial charge in [-0.3, -0.25) is 11.7 Å². The molecular weight excluding hydrogens is 171 g/mol. The molecule has 0 fully saturated rings. The second kappa shape index (κ2) is 4.50. The molecule has 1 rings (SSSR count). The minimum atomic E-state index is -0.817. The molecule has 0 saturated heterocycles. The fourth-order valence-corrected chi connectivity index (χ4v) is 2.01. The van der Waals surface area contributed by atoms with Crippen molar-refractivity contribution in [2.45, 2.75) is 6.92 Å². The molecule has 0 unspecified atom stereocenters. The highest BCUT2D eigenvalue weighted by Gasteiger charge is 2.08. The molecule has 0 atom stereocenters. The summed E-state index contributed by atoms with van der Waals surface area (Å²) in [7, 11) is -0.817. The van der Waals surface area contributed by atoms with Gasteiger partial charge in [0, 0.05) is 5.30 Å². The van der Waals surface area contributed by atoms with Gasteiger partial charge in [0.05, 0.1) is 8.22 Å². The summed E-state index contributed by atoms with van der Waals surface area (Å²) < 4.78 is 0. The second-order valence-corrected chi connectivity index (χ2v) is 4.05. The molecule has 0 aliphatic rings. The van der Waals surface area contributed by atoms with E-state index in [1.807, 2.05) is 31.2 Å². The third-order valence-electron chi connectivity index (χ3n) is 1.61. The van der Waals surface area contributed by atoms with Crippen LogP contribution in [0.3, 0.4) is 0 Å². The molecule has 12 heavy (non-hydrogen) atoms. The van der Waals surface area contributed by atoms with E-state index in [0.29, 0.717) is 0 Å². The van der Waals surface area contributed by atoms with Crippen molar-refractivity contribution in [2.24, 2.45) is 11.7 Å². The number of rotatable bonds is 3. The first-order valence-corrected chi connectivity index (χ1v) is 4.92. The van der Waals surface area contributed by atoms with E-state index in [1.165, 1.54) is 5.56 Å². The maximum absolute atomic E-state index is 5.32. The van der Waals surface area contributed by atoms with Gasteiger partial charge >= 0.3 is 0 Å². The summed E-state index contributed by atoms with van der Waals surface area (Å²) in [6.45, 7) is 2.03. The molecule has 0 aromatic heterocycles. The quantitative estimate of drug-likeness (QED) is 0.299. The van der Waals surface area contributed by atoms with Crippen LogP contribution >= 0.6 is 8.22 Å². The van der Waals surface area contributed by atoms with Crippen molar-refractivity contribution in [2.75, 3.05) is 0 Å². The Balaban J connectivity index is 2.92. The standard InChI is InChI=1S/C7H13N4P/c1-6-4-2-3-5-7(6)12(10-8)11-9/h2-5,10-11H,8-9H2,1H3. The Bertz CT molecular complexity index is 249. The SMILES string of the molecule is Cc1ccccc1P(NN)NN. The van der Waals surface area contributed by atoms with E-state index in [1.54, 1.807) is 0 Å². The summed E-state index contributed by atoms with van der Waals surface area (Å²) in [5.41, 5.74) is 1.18. The zero-order valence-corrected chi connectivity index (χ0v) is 7.81. The first-order valence-electron chi connectivity index (χ1n) is 3.58. The summed E-state index contributed by atoms with van der Waals surface area (Å²) in [5.74, 6) is 10.6. The first kappa shape index (κ1) is 9.58. The number of nitrogens with two attached hydrogens (primary N) is 2. The molecular formula is C7H13N4P. The van der Waals surface area contributed by atoms with Crippen LogP contribution < -0.4 is 27.4 Å². The highest BCUT2D eigenvalue weighted by atomic mass is 31.1. The lowest BCUT2D eigenvalue weighted by Crippen LogP contribution is -2.34. The highest BCUT2D eigenvalue weighted by Crippen LogP contribution is 2.21. The van der Waals surface area contributed by atoms with Crippen LogP contribution in [0.5, 0.6) is 0 Å². The van der Waals surface area contributed by atoms with Gasteiger partial charge in [0.1, 0.15) is 0 Å². The third-order valence-corrected chi connectivity index (χ3v) is 3.11. The van der Waals surface area contributed by atoms with Gasteiger partial charge in [-0.1, -0.05) is 24.3 Å². The van der Waals surface area contributed by atoms with Crippen LogP contribution in [0, 0.1) is 6.92 Å². The van der Waals surface area contributed by atoms with Crippen LogP contribution in [0.1, 0.15) is 5.56 Å². The van der Waals surface area contributed by atoms with Crippen LogP contribution in [-0.4, -0.2) is 0 Å². The molecule has 0 saturated carbocycles. The van der Waals surface area contributed by atoms with Gasteiger partial charge in [-0.15, -0.1) is 0 Å². The number of hydrogen-bond acceptors (Lipinski definition) is 4. The molecule has 0 amide bonds. The zero-order chi connectivity index (χ0) is 8.97. The molecule has 4 nitrogen and oxygen atoms in total. The molecule has 0 bridgehead atoms. The molecule has 0 spiro atoms. The van der Waals surface area contributed by atoms with Crippen molar-refractivity contribution in [1.29, 1.82) is 0 Å². The summed E-state index contributed by atoms with van der Waals surface area (Å²) in [4.78, 5) is 0. The Kier molecular flexibility index (Phi) is 3.59. The average molecular weight is 184 g/mol. The fourth-order valence-electron chi connectivity index (χ4n) is 0.991. The van der Waals surface area contributed by atoms with Crippen molar-refractivity contribution in [3.05, 3.63) is 29.8 Å². The molecule has 0 radical (unpaired) electrons. The van der Waals surface area contributed by atoms with E-state index in [9.17, 15) is 0 Å². The molecule has 0 aliphatic heterocycles. The Labute approximate surface area is 73.1 Å². The predicted molar refractivity (Wildman–Crippen MR) is 52.4 cm³/mol. The monoisotopic (exact) mass is 184 g/mol. The van der Waals surface area contributed by atoms with E-state index in [4.69, 9.17) is 11.7 Å². The van der Waals surface area contributed by atoms with Crippen molar-refractivity contribution in [3.8, 4) is 0 Å². The summed E-state index contributed by atoms with van der Waals surface area (Å²) >= 11 is 0. The maximum Gasteiger partial charge on any atom is 0.0949 e. The van der Waals surface area contributed by atoms with Gasteiger partial charge in [-0.25, -0.2) is 10.4 Å². The van der Waals surface area contributed by atoms with E-state index in [0.717, 1.165) is 5.30 Å². The predicted octanol–water partition coefficient (Wildman–Crippen LogP) is -0.141. The number of hydrazine groups is 2. The zero-order valence-electron chi connectivity index (χ0n) is 6.91. The molecule has 6 N–H and O–H groups in total. The van der Waals surface area contributed by atoms with Crippen LogP contribution in [0.15, 0.2) is 24.3 Å². The number of aryl methyl sites for hydroxylation is 1. The van der Waals surface area contributed by atoms with Gasteiger partial charge in [0.2, 0.25) is 0 Å². The highest BCUT2D eigenvalue weighted by molar-refractivity contribution is 7.61. The van der Waals surface area contributed by atoms with Gasteiger partial charge < -0.3 is 0 Å². The number of hydrogen-bond donors (Lipinski definition) is 4. The summed E-state index contributed by atoms with van der Waals surface area (Å²) in [6.07, 6.45) is 0. The van der Waals surface area contributed by atoms with Gasteiger partial charge in [0.25, 0.3) is 0 Å². The van der Waals surface area contributed by atoms with Crippen LogP contribution in [0.2, 0.25) is 0 Å². The van der Waals surface area contributed by atoms with Gasteiger partial charge in [-0.2, -0.15) is 0 Å². The maximum atomic E-state index is 5.32. The molecule has 0 aliphatic carbocycles. The van der Waals surface area contributed by atoms with E-state index >= 15 is 0 Å². The number of benzene rings is 1. The minimum absolute atomic E-state index is 0.817. The van der Waals surface area contributed by atoms with Crippen molar-refractivity contribution >= 4 is 13.5 Å². The number of nitrogens with one attached hydrogen (secondary N) is 2. The molecule has 66 valence electrons. The Morgan fingerprint density at radius 2 is 1.75 bits per heavy atom. The van der Waals surface area contributed by atoms with Crippen molar-refractivity contribution in [1.82, 2.24) is 10.4 Å². The molecule has 0 heterocycles. The van der Waals surface area contributed by atoms with Crippen molar-refractivity contribution < 1.29 is 0 Å². The largest absolute Gasteiger partial charge is 0.266 e. The Morgan fingerprint density at radius 1 is 1.17 bits per heavy atom. The minimum Gasteiger partial charge on any atom is -0.266 e. The summed E-state index contributed by atoms with van der Waals surface area (Å²) in [5, 5.41) is 6.40. The van der Waals surface area contributed by atoms with E-state index < -0.39 is 8.22 Å². The molecule has 5 heteroatoms. The van der Waals surface area contributed by atoms with Gasteiger partial charge in [0.15, 0.2) is 0 Å². The van der Waals surface area contributed by atoms with Gasteiger partial charge in [-0.05, 0) is 12.5 Å². The molecule has 1 aromatic rings. The second-order valence-electron chi connectivity index (χ2n) is 2.38. The van der Waals surface area contributed by atoms with Crippen molar-refractivity contribution in [3.63, 3.8) is 0 Å². The van der Waals surface area contributed by atoms with E-state index in [-0.39, 0.29) is 0 Å². The van der Waals surface area contributed by atoms with Crippen LogP contribution in [-0.2, 0) is 0 Å². The third kappa shape index (κ3) is 2.00. The summed E-state index contributed by atoms with van der Waals surface area (Å²) in [6, 6.07) is 7.98. The first-order chi connectivity index (χ1) is 5.79. The van der Waals surface area contributed by atoms with E-state index in [2.05, 4.69) is 10.4 Å². The topological polar surface area (TPSA) is 76.1 Å². The lowest BCUT2D eigenvalue weighted by atomic mass is 10.2. The smallest absolute Gasteiger partial charge is 0.0949 e.